The van der Waals surface area contributed by atoms with E-state index in [1.807, 2.05) is 19.9 Å². The Kier molecular flexibility index (Phi) is 4.59. The van der Waals surface area contributed by atoms with E-state index in [1.54, 1.807) is 0 Å². The number of carbonyl (C=O) groups is 1. The van der Waals surface area contributed by atoms with E-state index in [2.05, 4.69) is 30.4 Å². The van der Waals surface area contributed by atoms with E-state index in [1.165, 1.54) is 11.1 Å². The van der Waals surface area contributed by atoms with Gasteiger partial charge in [-0.3, -0.25) is 4.79 Å². The minimum Gasteiger partial charge on any atom is -0.378 e. The van der Waals surface area contributed by atoms with Gasteiger partial charge in [0.2, 0.25) is 5.91 Å². The average molecular weight is 261 g/mol. The Balaban J connectivity index is 1.90. The van der Waals surface area contributed by atoms with Crippen LogP contribution in [-0.4, -0.2) is 18.6 Å². The first-order valence-electron chi connectivity index (χ1n) is 7.06. The average Bonchev–Trinajstić information content (AvgIpc) is 2.66. The Hall–Kier alpha value is -1.35. The zero-order valence-corrected chi connectivity index (χ0v) is 12.0. The van der Waals surface area contributed by atoms with Crippen molar-refractivity contribution in [3.05, 3.63) is 35.4 Å². The van der Waals surface area contributed by atoms with Crippen molar-refractivity contribution in [2.24, 2.45) is 5.92 Å². The highest BCUT2D eigenvalue weighted by molar-refractivity contribution is 5.76. The van der Waals surface area contributed by atoms with Gasteiger partial charge in [-0.15, -0.1) is 0 Å². The minimum atomic E-state index is 0.0780. The number of ether oxygens (including phenoxy) is 1. The lowest BCUT2D eigenvalue weighted by Gasteiger charge is -2.19. The molecule has 1 aliphatic rings. The molecule has 0 aliphatic heterocycles. The van der Waals surface area contributed by atoms with Gasteiger partial charge in [0.1, 0.15) is 0 Å². The zero-order chi connectivity index (χ0) is 13.8. The van der Waals surface area contributed by atoms with E-state index in [0.717, 1.165) is 6.42 Å². The minimum absolute atomic E-state index is 0.0780. The SMILES string of the molecule is CC(C)OCCC(=O)NC1c2ccccc2CC1C. The second-order valence-corrected chi connectivity index (χ2v) is 5.59. The van der Waals surface area contributed by atoms with Crippen LogP contribution in [-0.2, 0) is 16.0 Å². The van der Waals surface area contributed by atoms with Gasteiger partial charge in [-0.25, -0.2) is 0 Å². The molecule has 1 amide bonds. The van der Waals surface area contributed by atoms with Crippen molar-refractivity contribution in [1.82, 2.24) is 5.32 Å². The highest BCUT2D eigenvalue weighted by Gasteiger charge is 2.29. The third-order valence-electron chi connectivity index (χ3n) is 3.60. The lowest BCUT2D eigenvalue weighted by atomic mass is 10.0. The number of amides is 1. The van der Waals surface area contributed by atoms with Crippen molar-refractivity contribution in [2.45, 2.75) is 45.8 Å². The monoisotopic (exact) mass is 261 g/mol. The van der Waals surface area contributed by atoms with Gasteiger partial charge in [0, 0.05) is 6.42 Å². The van der Waals surface area contributed by atoms with E-state index in [9.17, 15) is 4.79 Å². The van der Waals surface area contributed by atoms with Crippen molar-refractivity contribution >= 4 is 5.91 Å². The van der Waals surface area contributed by atoms with Gasteiger partial charge in [0.15, 0.2) is 0 Å². The fraction of sp³-hybridized carbons (Fsp3) is 0.562. The smallest absolute Gasteiger partial charge is 0.222 e. The van der Waals surface area contributed by atoms with Crippen molar-refractivity contribution in [2.75, 3.05) is 6.61 Å². The van der Waals surface area contributed by atoms with E-state index >= 15 is 0 Å². The first-order valence-corrected chi connectivity index (χ1v) is 7.06. The predicted octanol–water partition coefficient (Wildman–Crippen LogP) is 2.85. The molecule has 0 radical (unpaired) electrons. The van der Waals surface area contributed by atoms with Crippen LogP contribution in [0, 0.1) is 5.92 Å². The maximum absolute atomic E-state index is 11.9. The predicted molar refractivity (Wildman–Crippen MR) is 75.9 cm³/mol. The Morgan fingerprint density at radius 1 is 1.42 bits per heavy atom. The molecule has 104 valence electrons. The summed E-state index contributed by atoms with van der Waals surface area (Å²) in [4.78, 5) is 11.9. The van der Waals surface area contributed by atoms with Crippen LogP contribution in [0.3, 0.4) is 0 Å². The molecular formula is C16H23NO2. The van der Waals surface area contributed by atoms with E-state index in [-0.39, 0.29) is 18.1 Å². The Labute approximate surface area is 115 Å². The largest absolute Gasteiger partial charge is 0.378 e. The summed E-state index contributed by atoms with van der Waals surface area (Å²) in [6.07, 6.45) is 1.66. The number of hydrogen-bond acceptors (Lipinski definition) is 2. The van der Waals surface area contributed by atoms with Crippen LogP contribution in [0.2, 0.25) is 0 Å². The van der Waals surface area contributed by atoms with Crippen molar-refractivity contribution < 1.29 is 9.53 Å². The molecule has 3 heteroatoms. The van der Waals surface area contributed by atoms with Crippen molar-refractivity contribution in [1.29, 1.82) is 0 Å². The number of hydrogen-bond donors (Lipinski definition) is 1. The number of fused-ring (bicyclic) bond motifs is 1. The molecule has 0 fully saturated rings. The maximum Gasteiger partial charge on any atom is 0.222 e. The summed E-state index contributed by atoms with van der Waals surface area (Å²) in [5.74, 6) is 0.543. The molecule has 0 bridgehead atoms. The summed E-state index contributed by atoms with van der Waals surface area (Å²) in [5.41, 5.74) is 2.63. The molecule has 2 rings (SSSR count). The lowest BCUT2D eigenvalue weighted by molar-refractivity contribution is -0.123. The molecule has 1 N–H and O–H groups in total. The van der Waals surface area contributed by atoms with Gasteiger partial charge < -0.3 is 10.1 Å². The highest BCUT2D eigenvalue weighted by Crippen LogP contribution is 2.35. The van der Waals surface area contributed by atoms with E-state index in [0.29, 0.717) is 18.9 Å². The fourth-order valence-corrected chi connectivity index (χ4v) is 2.65. The summed E-state index contributed by atoms with van der Waals surface area (Å²) in [5, 5.41) is 3.14. The molecular weight excluding hydrogens is 238 g/mol. The maximum atomic E-state index is 11.9. The molecule has 0 aromatic heterocycles. The second kappa shape index (κ2) is 6.20. The van der Waals surface area contributed by atoms with Crippen LogP contribution in [0.1, 0.15) is 44.4 Å². The lowest BCUT2D eigenvalue weighted by Crippen LogP contribution is -2.31. The number of benzene rings is 1. The van der Waals surface area contributed by atoms with Crippen LogP contribution >= 0.6 is 0 Å². The number of nitrogens with one attached hydrogen (secondary N) is 1. The fourth-order valence-electron chi connectivity index (χ4n) is 2.65. The first-order chi connectivity index (χ1) is 9.08. The molecule has 1 aliphatic carbocycles. The van der Waals surface area contributed by atoms with Gasteiger partial charge in [0.25, 0.3) is 0 Å². The summed E-state index contributed by atoms with van der Waals surface area (Å²) in [6, 6.07) is 8.53. The molecule has 3 nitrogen and oxygen atoms in total. The van der Waals surface area contributed by atoms with Crippen LogP contribution in [0.5, 0.6) is 0 Å². The summed E-state index contributed by atoms with van der Waals surface area (Å²) >= 11 is 0. The van der Waals surface area contributed by atoms with Crippen molar-refractivity contribution in [3.8, 4) is 0 Å². The molecule has 19 heavy (non-hydrogen) atoms. The van der Waals surface area contributed by atoms with Gasteiger partial charge in [0.05, 0.1) is 18.8 Å². The molecule has 0 heterocycles. The Bertz CT molecular complexity index is 442. The molecule has 0 saturated heterocycles. The highest BCUT2D eigenvalue weighted by atomic mass is 16.5. The van der Waals surface area contributed by atoms with Crippen LogP contribution in [0.4, 0.5) is 0 Å². The summed E-state index contributed by atoms with van der Waals surface area (Å²) < 4.78 is 5.41. The molecule has 0 spiro atoms. The van der Waals surface area contributed by atoms with Gasteiger partial charge in [-0.05, 0) is 37.3 Å². The normalized spacial score (nSPS) is 21.5. The summed E-state index contributed by atoms with van der Waals surface area (Å²) in [6.45, 7) is 6.64. The summed E-state index contributed by atoms with van der Waals surface area (Å²) in [7, 11) is 0. The number of carbonyl (C=O) groups excluding carboxylic acids is 1. The van der Waals surface area contributed by atoms with Crippen LogP contribution in [0.15, 0.2) is 24.3 Å². The van der Waals surface area contributed by atoms with Gasteiger partial charge in [-0.2, -0.15) is 0 Å². The molecule has 1 aromatic rings. The van der Waals surface area contributed by atoms with Crippen molar-refractivity contribution in [3.63, 3.8) is 0 Å². The molecule has 0 saturated carbocycles. The third kappa shape index (κ3) is 3.57. The van der Waals surface area contributed by atoms with Gasteiger partial charge >= 0.3 is 0 Å². The Morgan fingerprint density at radius 3 is 2.89 bits per heavy atom. The zero-order valence-electron chi connectivity index (χ0n) is 12.0. The van der Waals surface area contributed by atoms with Gasteiger partial charge in [-0.1, -0.05) is 31.2 Å². The number of rotatable bonds is 5. The Morgan fingerprint density at radius 2 is 2.16 bits per heavy atom. The topological polar surface area (TPSA) is 38.3 Å². The molecule has 1 aromatic carbocycles. The van der Waals surface area contributed by atoms with Crippen LogP contribution < -0.4 is 5.32 Å². The van der Waals surface area contributed by atoms with E-state index < -0.39 is 0 Å². The molecule has 2 unspecified atom stereocenters. The standard InChI is InChI=1S/C16H23NO2/c1-11(2)19-9-8-15(18)17-16-12(3)10-13-6-4-5-7-14(13)16/h4-7,11-12,16H,8-10H2,1-3H3,(H,17,18). The quantitative estimate of drug-likeness (QED) is 0.885. The first kappa shape index (κ1) is 14.1. The third-order valence-corrected chi connectivity index (χ3v) is 3.60. The second-order valence-electron chi connectivity index (χ2n) is 5.59. The van der Waals surface area contributed by atoms with E-state index in [4.69, 9.17) is 4.74 Å². The van der Waals surface area contributed by atoms with Crippen LogP contribution in [0.25, 0.3) is 0 Å². The molecule has 2 atom stereocenters.